The average Bonchev–Trinajstić information content (AvgIpc) is 2.89. The highest BCUT2D eigenvalue weighted by atomic mass is 16.7. The van der Waals surface area contributed by atoms with E-state index in [9.17, 15) is 14.4 Å². The quantitative estimate of drug-likeness (QED) is 0.759. The predicted molar refractivity (Wildman–Crippen MR) is 87.9 cm³/mol. The second-order valence-corrected chi connectivity index (χ2v) is 6.41. The van der Waals surface area contributed by atoms with Crippen molar-refractivity contribution in [3.05, 3.63) is 35.9 Å². The van der Waals surface area contributed by atoms with Gasteiger partial charge in [-0.1, -0.05) is 30.3 Å². The molecule has 8 nitrogen and oxygen atoms in total. The molecule has 0 radical (unpaired) electrons. The Morgan fingerprint density at radius 3 is 2.54 bits per heavy atom. The minimum absolute atomic E-state index is 0.0458. The van der Waals surface area contributed by atoms with Crippen molar-refractivity contribution < 1.29 is 24.0 Å². The van der Waals surface area contributed by atoms with E-state index in [1.807, 2.05) is 30.3 Å². The zero-order valence-electron chi connectivity index (χ0n) is 14.2. The molecule has 3 rings (SSSR count). The number of nitrogens with zero attached hydrogens (tertiary/aromatic N) is 3. The van der Waals surface area contributed by atoms with Gasteiger partial charge in [-0.05, 0) is 18.4 Å². The highest BCUT2D eigenvalue weighted by Crippen LogP contribution is 2.42. The maximum Gasteiger partial charge on any atom is 0.410 e. The SMILES string of the molecule is N#CCON1C(=O)CC2(CCN(C(=O)OCc3ccccc3)CC2)C1=O. The maximum atomic E-state index is 12.5. The molecule has 2 aliphatic rings. The number of piperidine rings is 1. The lowest BCUT2D eigenvalue weighted by Crippen LogP contribution is -2.46. The Morgan fingerprint density at radius 2 is 1.88 bits per heavy atom. The molecule has 1 aromatic carbocycles. The number of rotatable bonds is 4. The summed E-state index contributed by atoms with van der Waals surface area (Å²) in [5.74, 6) is -0.861. The van der Waals surface area contributed by atoms with Crippen molar-refractivity contribution >= 4 is 17.9 Å². The molecular formula is C18H19N3O5. The Bertz CT molecular complexity index is 735. The van der Waals surface area contributed by atoms with Crippen molar-refractivity contribution in [2.24, 2.45) is 5.41 Å². The third-order valence-corrected chi connectivity index (χ3v) is 4.80. The van der Waals surface area contributed by atoms with Crippen LogP contribution >= 0.6 is 0 Å². The topological polar surface area (TPSA) is 99.9 Å². The zero-order chi connectivity index (χ0) is 18.6. The predicted octanol–water partition coefficient (Wildman–Crippen LogP) is 1.62. The lowest BCUT2D eigenvalue weighted by molar-refractivity contribution is -0.187. The van der Waals surface area contributed by atoms with Crippen LogP contribution in [0.2, 0.25) is 0 Å². The molecule has 1 spiro atoms. The fraction of sp³-hybridized carbons (Fsp3) is 0.444. The molecule has 0 saturated carbocycles. The number of carbonyl (C=O) groups excluding carboxylic acids is 3. The molecular weight excluding hydrogens is 338 g/mol. The van der Waals surface area contributed by atoms with Gasteiger partial charge in [-0.25, -0.2) is 9.63 Å². The number of amides is 3. The third-order valence-electron chi connectivity index (χ3n) is 4.80. The largest absolute Gasteiger partial charge is 0.445 e. The van der Waals surface area contributed by atoms with Crippen molar-refractivity contribution in [1.82, 2.24) is 9.96 Å². The first-order valence-corrected chi connectivity index (χ1v) is 8.39. The van der Waals surface area contributed by atoms with Gasteiger partial charge in [-0.15, -0.1) is 0 Å². The summed E-state index contributed by atoms with van der Waals surface area (Å²) in [6.45, 7) is 0.497. The summed E-state index contributed by atoms with van der Waals surface area (Å²) >= 11 is 0. The molecule has 1 aromatic rings. The van der Waals surface area contributed by atoms with Crippen LogP contribution in [0.15, 0.2) is 30.3 Å². The summed E-state index contributed by atoms with van der Waals surface area (Å²) < 4.78 is 5.30. The summed E-state index contributed by atoms with van der Waals surface area (Å²) in [7, 11) is 0. The molecule has 0 unspecified atom stereocenters. The van der Waals surface area contributed by atoms with Crippen LogP contribution in [0.25, 0.3) is 0 Å². The molecule has 136 valence electrons. The molecule has 2 fully saturated rings. The zero-order valence-corrected chi connectivity index (χ0v) is 14.2. The molecule has 0 aromatic heterocycles. The monoisotopic (exact) mass is 357 g/mol. The van der Waals surface area contributed by atoms with Crippen LogP contribution in [0.1, 0.15) is 24.8 Å². The molecule has 8 heteroatoms. The lowest BCUT2D eigenvalue weighted by Gasteiger charge is -2.36. The summed E-state index contributed by atoms with van der Waals surface area (Å²) in [4.78, 5) is 43.2. The Balaban J connectivity index is 1.54. The van der Waals surface area contributed by atoms with E-state index in [1.165, 1.54) is 0 Å². The van der Waals surface area contributed by atoms with Crippen molar-refractivity contribution in [2.45, 2.75) is 25.9 Å². The molecule has 2 heterocycles. The van der Waals surface area contributed by atoms with E-state index in [1.54, 1.807) is 11.0 Å². The lowest BCUT2D eigenvalue weighted by atomic mass is 9.77. The number of hydrogen-bond donors (Lipinski definition) is 0. The standard InChI is InChI=1S/C18H19N3O5/c19-8-11-26-21-15(22)12-18(16(21)23)6-9-20(10-7-18)17(24)25-13-14-4-2-1-3-5-14/h1-5H,6-7,9-13H2. The van der Waals surface area contributed by atoms with Crippen LogP contribution < -0.4 is 0 Å². The van der Waals surface area contributed by atoms with Crippen molar-refractivity contribution in [1.29, 1.82) is 5.26 Å². The molecule has 0 N–H and O–H groups in total. The van der Waals surface area contributed by atoms with Gasteiger partial charge in [-0.3, -0.25) is 9.59 Å². The number of carbonyl (C=O) groups is 3. The number of nitriles is 1. The number of hydrogen-bond acceptors (Lipinski definition) is 6. The van der Waals surface area contributed by atoms with Crippen LogP contribution in [0, 0.1) is 16.7 Å². The second kappa shape index (κ2) is 7.54. The minimum Gasteiger partial charge on any atom is -0.445 e. The van der Waals surface area contributed by atoms with Crippen LogP contribution in [0.4, 0.5) is 4.79 Å². The first-order valence-electron chi connectivity index (χ1n) is 8.39. The van der Waals surface area contributed by atoms with Gasteiger partial charge in [0.2, 0.25) is 0 Å². The van der Waals surface area contributed by atoms with Gasteiger partial charge in [0.25, 0.3) is 11.8 Å². The van der Waals surface area contributed by atoms with Gasteiger partial charge in [-0.2, -0.15) is 10.3 Å². The van der Waals surface area contributed by atoms with E-state index < -0.39 is 23.3 Å². The Morgan fingerprint density at radius 1 is 1.19 bits per heavy atom. The van der Waals surface area contributed by atoms with E-state index in [0.29, 0.717) is 31.0 Å². The van der Waals surface area contributed by atoms with E-state index in [0.717, 1.165) is 5.56 Å². The van der Waals surface area contributed by atoms with Gasteiger partial charge >= 0.3 is 6.09 Å². The van der Waals surface area contributed by atoms with Crippen molar-refractivity contribution in [3.8, 4) is 6.07 Å². The molecule has 26 heavy (non-hydrogen) atoms. The summed E-state index contributed by atoms with van der Waals surface area (Å²) in [5.41, 5.74) is 0.0547. The summed E-state index contributed by atoms with van der Waals surface area (Å²) in [6, 6.07) is 11.1. The van der Waals surface area contributed by atoms with Crippen molar-refractivity contribution in [3.63, 3.8) is 0 Å². The van der Waals surface area contributed by atoms with Gasteiger partial charge in [0.1, 0.15) is 6.61 Å². The highest BCUT2D eigenvalue weighted by Gasteiger charge is 2.54. The van der Waals surface area contributed by atoms with Crippen molar-refractivity contribution in [2.75, 3.05) is 19.7 Å². The maximum absolute atomic E-state index is 12.5. The number of ether oxygens (including phenoxy) is 1. The fourth-order valence-corrected chi connectivity index (χ4v) is 3.31. The normalized spacial score (nSPS) is 18.9. The smallest absolute Gasteiger partial charge is 0.410 e. The Labute approximate surface area is 150 Å². The van der Waals surface area contributed by atoms with E-state index in [-0.39, 0.29) is 19.6 Å². The first kappa shape index (κ1) is 17.9. The van der Waals surface area contributed by atoms with Crippen LogP contribution in [0.3, 0.4) is 0 Å². The number of benzene rings is 1. The molecule has 0 aliphatic carbocycles. The molecule has 0 atom stereocenters. The molecule has 2 saturated heterocycles. The van der Waals surface area contributed by atoms with Crippen LogP contribution in [-0.2, 0) is 25.8 Å². The van der Waals surface area contributed by atoms with Gasteiger partial charge in [0, 0.05) is 19.5 Å². The van der Waals surface area contributed by atoms with Gasteiger partial charge in [0.05, 0.1) is 11.5 Å². The summed E-state index contributed by atoms with van der Waals surface area (Å²) in [5, 5.41) is 9.25. The Kier molecular flexibility index (Phi) is 5.19. The van der Waals surface area contributed by atoms with Crippen LogP contribution in [-0.4, -0.2) is 47.6 Å². The van der Waals surface area contributed by atoms with E-state index in [4.69, 9.17) is 14.8 Å². The number of imide groups is 1. The fourth-order valence-electron chi connectivity index (χ4n) is 3.31. The minimum atomic E-state index is -0.844. The number of hydroxylamine groups is 2. The third kappa shape index (κ3) is 3.53. The molecule has 3 amide bonds. The second-order valence-electron chi connectivity index (χ2n) is 6.41. The van der Waals surface area contributed by atoms with Crippen LogP contribution in [0.5, 0.6) is 0 Å². The van der Waals surface area contributed by atoms with Gasteiger partial charge in [0.15, 0.2) is 6.61 Å². The number of likely N-dealkylation sites (tertiary alicyclic amines) is 1. The van der Waals surface area contributed by atoms with Gasteiger partial charge < -0.3 is 9.64 Å². The molecule has 2 aliphatic heterocycles. The highest BCUT2D eigenvalue weighted by molar-refractivity contribution is 6.04. The summed E-state index contributed by atoms with van der Waals surface area (Å²) in [6.07, 6.45) is 0.344. The van der Waals surface area contributed by atoms with E-state index >= 15 is 0 Å². The average molecular weight is 357 g/mol. The van der Waals surface area contributed by atoms with E-state index in [2.05, 4.69) is 0 Å². The first-order chi connectivity index (χ1) is 12.6. The molecule has 0 bridgehead atoms. The Hall–Kier alpha value is -2.92.